The van der Waals surface area contributed by atoms with Gasteiger partial charge in [0.05, 0.1) is 0 Å². The molecule has 232 valence electrons. The fourth-order valence-electron chi connectivity index (χ4n) is 0. The molecule has 0 heterocycles. The van der Waals surface area contributed by atoms with Crippen molar-refractivity contribution < 1.29 is 199 Å². The molecule has 0 atom stereocenters. The molecule has 0 aliphatic rings. The molecule has 0 aromatic rings. The van der Waals surface area contributed by atoms with Crippen LogP contribution in [0, 0.1) is 0 Å². The number of halogens is 6. The molecule has 4 radical (unpaired) electrons. The van der Waals surface area contributed by atoms with Crippen molar-refractivity contribution >= 4 is 0 Å². The summed E-state index contributed by atoms with van der Waals surface area (Å²) in [6, 6.07) is 0. The summed E-state index contributed by atoms with van der Waals surface area (Å²) in [6.07, 6.45) is 0. The summed E-state index contributed by atoms with van der Waals surface area (Å²) >= 11 is 0. The number of hydrogen-bond donors (Lipinski definition) is 0. The van der Waals surface area contributed by atoms with E-state index in [9.17, 15) is 0 Å². The Bertz CT molecular complexity index is 60.3. The second-order valence-electron chi connectivity index (χ2n) is 0. The summed E-state index contributed by atoms with van der Waals surface area (Å²) < 4.78 is 0. The zero-order valence-corrected chi connectivity index (χ0v) is 25.1. The van der Waals surface area contributed by atoms with Crippen molar-refractivity contribution in [3.63, 3.8) is 0 Å². The van der Waals surface area contributed by atoms with E-state index in [1.54, 1.807) is 0 Å². The molecular weight excluding hydrogens is 749 g/mol. The van der Waals surface area contributed by atoms with Crippen molar-refractivity contribution in [3.05, 3.63) is 73.8 Å². The van der Waals surface area contributed by atoms with Crippen LogP contribution in [0.3, 0.4) is 0 Å². The van der Waals surface area contributed by atoms with Crippen molar-refractivity contribution in [2.75, 3.05) is 0 Å². The maximum Gasteiger partial charge on any atom is 5.00 e. The molecule has 0 amide bonds. The van der Waals surface area contributed by atoms with Crippen molar-refractivity contribution in [2.24, 2.45) is 0 Å². The van der Waals surface area contributed by atoms with Crippen LogP contribution in [-0.4, -0.2) is 54.8 Å². The van der Waals surface area contributed by atoms with Gasteiger partial charge in [-0.3, -0.25) is 0 Å². The summed E-state index contributed by atoms with van der Waals surface area (Å²) in [7, 11) is 0. The van der Waals surface area contributed by atoms with Crippen LogP contribution in [0.1, 0.15) is 0 Å². The van der Waals surface area contributed by atoms with E-state index < -0.39 is 0 Å². The molecule has 0 rings (SSSR count). The number of rotatable bonds is 0. The fraction of sp³-hybridized carbons (Fsp3) is 0. The van der Waals surface area contributed by atoms with Gasteiger partial charge in [-0.2, -0.15) is 0 Å². The summed E-state index contributed by atoms with van der Waals surface area (Å²) in [4.78, 5) is 0. The first-order valence-corrected chi connectivity index (χ1v) is 0. The first-order valence-electron chi connectivity index (χ1n) is 0. The van der Waals surface area contributed by atoms with Gasteiger partial charge in [-0.1, -0.05) is 0 Å². The summed E-state index contributed by atoms with van der Waals surface area (Å²) in [5.74, 6) is 0. The molecule has 0 aliphatic heterocycles. The Kier molecular flexibility index (Phi) is 585000. The van der Waals surface area contributed by atoms with Crippen molar-refractivity contribution in [3.8, 4) is 0 Å². The van der Waals surface area contributed by atoms with Crippen LogP contribution in [0.25, 0.3) is 73.8 Å². The van der Waals surface area contributed by atoms with Crippen LogP contribution in [0.2, 0.25) is 0 Å². The van der Waals surface area contributed by atoms with Gasteiger partial charge >= 0.3 is 69.4 Å². The Morgan fingerprint density at radius 3 is 0.188 bits per heavy atom. The van der Waals surface area contributed by atoms with Gasteiger partial charge in [0.2, 0.25) is 0 Å². The van der Waals surface area contributed by atoms with Gasteiger partial charge in [0.1, 0.15) is 0 Å². The second kappa shape index (κ2) is 4140. The molecule has 0 aliphatic carbocycles. The maximum atomic E-state index is 0. The van der Waals surface area contributed by atoms with Crippen LogP contribution in [-0.2, 0) is 69.4 Å². The average Bonchev–Trinajstić information content (AvgIpc) is 0. The molecule has 32 heavy (non-hydrogen) atoms. The van der Waals surface area contributed by atoms with Gasteiger partial charge in [-0.05, 0) is 0 Å². The Hall–Kier alpha value is 2.99. The van der Waals surface area contributed by atoms with Crippen LogP contribution >= 0.6 is 0 Å². The van der Waals surface area contributed by atoms with E-state index in [1.165, 1.54) is 0 Å². The predicted molar refractivity (Wildman–Crippen MR) is 89.5 cm³/mol. The van der Waals surface area contributed by atoms with Gasteiger partial charge < -0.3 is 203 Å². The number of hydrogen-bond acceptors (Lipinski definition) is 6. The third-order valence-electron chi connectivity index (χ3n) is 0. The maximum absolute atomic E-state index is 0. The average molecular weight is 787 g/mol. The normalized spacial score (nSPS) is 0. The Labute approximate surface area is 270 Å². The molecule has 0 spiro atoms. The van der Waals surface area contributed by atoms with Gasteiger partial charge in [-0.25, -0.2) is 0 Å². The van der Waals surface area contributed by atoms with E-state index in [2.05, 4.69) is 0 Å². The molecule has 0 aromatic heterocycles. The minimum atomic E-state index is 0. The second-order valence-corrected chi connectivity index (χ2v) is 0. The third kappa shape index (κ3) is 3780. The molecule has 0 fully saturated rings. The van der Waals surface area contributed by atoms with Crippen LogP contribution in [0.4, 0.5) is 0 Å². The van der Waals surface area contributed by atoms with E-state index in [4.69, 9.17) is 0 Å². The minimum absolute atomic E-state index is 0. The SMILES string of the molecule is O.O.O.O.[Cl-].[Cl-].[Cl-].[Cl-].[Cl-].[Cl-].[Cr+3].[Cr+3].[Cr+5].[Cr+5].[NH2-].[NH2-].[NH2-].[NH2-].[NH2-].[NH2-].[NH2-].[NH2-].[NH2-].[NH2-].[NH2-].[NH2-].[OH-].[OH-].[OH-].[OH-].[OH-].[OH-]. The fourth-order valence-corrected chi connectivity index (χ4v) is 0. The van der Waals surface area contributed by atoms with Crippen LogP contribution in [0.15, 0.2) is 0 Å². The number of nitrogens with two attached hydrogens (primary N) is 12. The van der Waals surface area contributed by atoms with Crippen molar-refractivity contribution in [2.45, 2.75) is 0 Å². The van der Waals surface area contributed by atoms with E-state index in [0.717, 1.165) is 0 Å². The van der Waals surface area contributed by atoms with Crippen molar-refractivity contribution in [1.29, 1.82) is 0 Å². The molecule has 0 unspecified atom stereocenters. The predicted octanol–water partition coefficient (Wildman–Crippen LogP) is -13.7. The summed E-state index contributed by atoms with van der Waals surface area (Å²) in [5.41, 5.74) is 0. The molecule has 32 heteroatoms. The van der Waals surface area contributed by atoms with Crippen LogP contribution in [0.5, 0.6) is 0 Å². The van der Waals surface area contributed by atoms with Gasteiger partial charge in [0.15, 0.2) is 0 Å². The molecule has 22 nitrogen and oxygen atoms in total. The smallest absolute Gasteiger partial charge is 1.00 e. The quantitative estimate of drug-likeness (QED) is 0.229. The molecule has 0 aromatic carbocycles. The first-order chi connectivity index (χ1) is 0. The Morgan fingerprint density at radius 1 is 0.188 bits per heavy atom. The molecule has 0 bridgehead atoms. The molecule has 0 saturated carbocycles. The van der Waals surface area contributed by atoms with Crippen molar-refractivity contribution in [1.82, 2.24) is 0 Å². The third-order valence-corrected chi connectivity index (χ3v) is 0. The Balaban J connectivity index is 0. The first kappa shape index (κ1) is 4520. The minimum Gasteiger partial charge on any atom is -1.00 e. The monoisotopic (exact) mass is 784 g/mol. The standard InChI is InChI=1S/6ClH.4Cr.12H2N.10H2O/h6*1H;;;;;22*1H2/q;;;;;;2*+3;2*+5;12*-1;;;;;;;;;;/p-12. The molecular formula is H38Cl6Cr4N12O10-8. The van der Waals surface area contributed by atoms with Gasteiger partial charge in [0.25, 0.3) is 0 Å². The zero-order chi connectivity index (χ0) is 0. The van der Waals surface area contributed by atoms with Gasteiger partial charge in [-0.15, -0.1) is 0 Å². The summed E-state index contributed by atoms with van der Waals surface area (Å²) in [5, 5.41) is 0. The topological polar surface area (TPSA) is 708 Å². The van der Waals surface area contributed by atoms with E-state index in [0.29, 0.717) is 0 Å². The largest absolute Gasteiger partial charge is 5.00 e. The van der Waals surface area contributed by atoms with E-state index in [1.807, 2.05) is 0 Å². The van der Waals surface area contributed by atoms with E-state index >= 15 is 0 Å². The van der Waals surface area contributed by atoms with Gasteiger partial charge in [0, 0.05) is 0 Å². The zero-order valence-electron chi connectivity index (χ0n) is 15.5. The summed E-state index contributed by atoms with van der Waals surface area (Å²) in [6.45, 7) is 0. The molecule has 38 N–H and O–H groups in total. The van der Waals surface area contributed by atoms with E-state index in [-0.39, 0.29) is 272 Å². The Morgan fingerprint density at radius 2 is 0.188 bits per heavy atom. The molecule has 0 saturated heterocycles. The van der Waals surface area contributed by atoms with Crippen LogP contribution < -0.4 is 74.4 Å².